The van der Waals surface area contributed by atoms with E-state index in [9.17, 15) is 9.59 Å². The maximum absolute atomic E-state index is 11.9. The second kappa shape index (κ2) is 5.04. The number of hydrogen-bond donors (Lipinski definition) is 1. The number of carbonyl (C=O) groups is 2. The fourth-order valence-electron chi connectivity index (χ4n) is 3.27. The van der Waals surface area contributed by atoms with Gasteiger partial charge in [0.2, 0.25) is 5.91 Å². The lowest BCUT2D eigenvalue weighted by molar-refractivity contribution is -0.151. The number of ether oxygens (including phenoxy) is 1. The van der Waals surface area contributed by atoms with Crippen LogP contribution in [-0.2, 0) is 14.3 Å². The minimum Gasteiger partial charge on any atom is -0.467 e. The molecule has 1 saturated heterocycles. The Morgan fingerprint density at radius 3 is 2.71 bits per heavy atom. The summed E-state index contributed by atoms with van der Waals surface area (Å²) in [7, 11) is 1.37. The summed E-state index contributed by atoms with van der Waals surface area (Å²) in [6, 6.07) is -0.215. The van der Waals surface area contributed by atoms with Gasteiger partial charge in [0.15, 0.2) is 0 Å². The number of nitrogens with two attached hydrogens (primary N) is 1. The molecule has 2 aliphatic rings. The first-order chi connectivity index (χ1) is 8.19. The van der Waals surface area contributed by atoms with Crippen molar-refractivity contribution in [1.82, 2.24) is 4.90 Å². The standard InChI is InChI=1S/C12H20N2O3/c1-17-12(16)10-6-8-4-2-3-5-9(8)14(10)11(15)7-13/h8-10H,2-7,13H2,1H3/t8-,9-,10-/m0/s1. The maximum Gasteiger partial charge on any atom is 0.328 e. The number of likely N-dealkylation sites (tertiary alicyclic amines) is 1. The van der Waals surface area contributed by atoms with Gasteiger partial charge in [-0.3, -0.25) is 4.79 Å². The minimum atomic E-state index is -0.413. The summed E-state index contributed by atoms with van der Waals surface area (Å²) in [6.45, 7) is -0.0310. The van der Waals surface area contributed by atoms with E-state index in [-0.39, 0.29) is 24.5 Å². The Morgan fingerprint density at radius 2 is 2.06 bits per heavy atom. The second-order valence-corrected chi connectivity index (χ2v) is 4.89. The fraction of sp³-hybridized carbons (Fsp3) is 0.833. The fourth-order valence-corrected chi connectivity index (χ4v) is 3.27. The summed E-state index contributed by atoms with van der Waals surface area (Å²) < 4.78 is 4.79. The summed E-state index contributed by atoms with van der Waals surface area (Å²) in [5.41, 5.74) is 5.43. The van der Waals surface area contributed by atoms with Gasteiger partial charge in [-0.15, -0.1) is 0 Å². The maximum atomic E-state index is 11.9. The zero-order chi connectivity index (χ0) is 12.4. The summed E-state index contributed by atoms with van der Waals surface area (Å²) in [5.74, 6) is 0.0133. The first-order valence-corrected chi connectivity index (χ1v) is 6.28. The molecule has 1 saturated carbocycles. The predicted molar refractivity (Wildman–Crippen MR) is 62.1 cm³/mol. The smallest absolute Gasteiger partial charge is 0.328 e. The van der Waals surface area contributed by atoms with Crippen molar-refractivity contribution in [2.75, 3.05) is 13.7 Å². The molecule has 1 aliphatic heterocycles. The molecule has 2 rings (SSSR count). The van der Waals surface area contributed by atoms with E-state index in [4.69, 9.17) is 10.5 Å². The molecule has 96 valence electrons. The molecule has 1 aliphatic carbocycles. The number of methoxy groups -OCH3 is 1. The van der Waals surface area contributed by atoms with Crippen LogP contribution < -0.4 is 5.73 Å². The zero-order valence-electron chi connectivity index (χ0n) is 10.2. The second-order valence-electron chi connectivity index (χ2n) is 4.89. The number of rotatable bonds is 2. The lowest BCUT2D eigenvalue weighted by atomic mass is 9.85. The van der Waals surface area contributed by atoms with Gasteiger partial charge < -0.3 is 15.4 Å². The van der Waals surface area contributed by atoms with Gasteiger partial charge in [-0.1, -0.05) is 12.8 Å². The molecule has 2 N–H and O–H groups in total. The largest absolute Gasteiger partial charge is 0.467 e. The molecule has 1 amide bonds. The molecule has 0 aromatic carbocycles. The Balaban J connectivity index is 2.20. The van der Waals surface area contributed by atoms with Crippen LogP contribution in [-0.4, -0.2) is 42.5 Å². The monoisotopic (exact) mass is 240 g/mol. The Kier molecular flexibility index (Phi) is 3.66. The topological polar surface area (TPSA) is 72.6 Å². The van der Waals surface area contributed by atoms with Gasteiger partial charge in [0.25, 0.3) is 0 Å². The summed E-state index contributed by atoms with van der Waals surface area (Å²) in [5, 5.41) is 0. The van der Waals surface area contributed by atoms with Crippen LogP contribution in [0.3, 0.4) is 0 Å². The molecule has 0 radical (unpaired) electrons. The third-order valence-corrected chi connectivity index (χ3v) is 4.02. The molecular formula is C12H20N2O3. The molecule has 0 spiro atoms. The van der Waals surface area contributed by atoms with Crippen molar-refractivity contribution in [3.63, 3.8) is 0 Å². The molecule has 1 heterocycles. The van der Waals surface area contributed by atoms with Gasteiger partial charge >= 0.3 is 5.97 Å². The highest BCUT2D eigenvalue weighted by atomic mass is 16.5. The van der Waals surface area contributed by atoms with E-state index in [1.54, 1.807) is 4.90 Å². The molecule has 0 aromatic heterocycles. The highest BCUT2D eigenvalue weighted by Gasteiger charge is 2.47. The van der Waals surface area contributed by atoms with Crippen LogP contribution in [0.4, 0.5) is 0 Å². The SMILES string of the molecule is COC(=O)[C@@H]1C[C@@H]2CCCC[C@@H]2N1C(=O)CN. The number of amides is 1. The summed E-state index contributed by atoms with van der Waals surface area (Å²) in [6.07, 6.45) is 5.16. The minimum absolute atomic E-state index is 0.0310. The zero-order valence-corrected chi connectivity index (χ0v) is 10.2. The van der Waals surface area contributed by atoms with Crippen LogP contribution in [0.2, 0.25) is 0 Å². The van der Waals surface area contributed by atoms with Crippen molar-refractivity contribution in [2.24, 2.45) is 11.7 Å². The molecule has 2 fully saturated rings. The van der Waals surface area contributed by atoms with Crippen molar-refractivity contribution < 1.29 is 14.3 Å². The summed E-state index contributed by atoms with van der Waals surface area (Å²) in [4.78, 5) is 25.3. The van der Waals surface area contributed by atoms with Crippen molar-refractivity contribution in [3.05, 3.63) is 0 Å². The van der Waals surface area contributed by atoms with Crippen LogP contribution in [0.5, 0.6) is 0 Å². The molecule has 0 unspecified atom stereocenters. The molecule has 0 bridgehead atoms. The van der Waals surface area contributed by atoms with Gasteiger partial charge in [-0.2, -0.15) is 0 Å². The number of esters is 1. The number of hydrogen-bond acceptors (Lipinski definition) is 4. The third kappa shape index (κ3) is 2.16. The first kappa shape index (κ1) is 12.4. The highest BCUT2D eigenvalue weighted by Crippen LogP contribution is 2.39. The van der Waals surface area contributed by atoms with Gasteiger partial charge in [0, 0.05) is 6.04 Å². The number of nitrogens with zero attached hydrogens (tertiary/aromatic N) is 1. The molecule has 0 aromatic rings. The average molecular weight is 240 g/mol. The Morgan fingerprint density at radius 1 is 1.35 bits per heavy atom. The quantitative estimate of drug-likeness (QED) is 0.704. The Bertz CT molecular complexity index is 319. The van der Waals surface area contributed by atoms with Crippen LogP contribution >= 0.6 is 0 Å². The van der Waals surface area contributed by atoms with Crippen LogP contribution in [0.1, 0.15) is 32.1 Å². The van der Waals surface area contributed by atoms with E-state index in [1.807, 2.05) is 0 Å². The third-order valence-electron chi connectivity index (χ3n) is 4.02. The Labute approximate surface area is 101 Å². The van der Waals surface area contributed by atoms with Crippen molar-refractivity contribution in [1.29, 1.82) is 0 Å². The number of fused-ring (bicyclic) bond motifs is 1. The molecule has 17 heavy (non-hydrogen) atoms. The number of carbonyl (C=O) groups excluding carboxylic acids is 2. The van der Waals surface area contributed by atoms with Gasteiger partial charge in [0.1, 0.15) is 6.04 Å². The highest BCUT2D eigenvalue weighted by molar-refractivity contribution is 5.86. The normalized spacial score (nSPS) is 32.1. The lowest BCUT2D eigenvalue weighted by Gasteiger charge is -2.32. The van der Waals surface area contributed by atoms with Gasteiger partial charge in [0.05, 0.1) is 13.7 Å². The van der Waals surface area contributed by atoms with E-state index < -0.39 is 6.04 Å². The lowest BCUT2D eigenvalue weighted by Crippen LogP contribution is -2.48. The van der Waals surface area contributed by atoms with Gasteiger partial charge in [-0.25, -0.2) is 4.79 Å². The van der Waals surface area contributed by atoms with E-state index in [0.29, 0.717) is 5.92 Å². The predicted octanol–water partition coefficient (Wildman–Crippen LogP) is 0.278. The van der Waals surface area contributed by atoms with E-state index in [1.165, 1.54) is 13.5 Å². The van der Waals surface area contributed by atoms with Gasteiger partial charge in [-0.05, 0) is 25.2 Å². The van der Waals surface area contributed by atoms with E-state index in [0.717, 1.165) is 25.7 Å². The Hall–Kier alpha value is -1.10. The first-order valence-electron chi connectivity index (χ1n) is 6.28. The molecular weight excluding hydrogens is 220 g/mol. The molecule has 5 nitrogen and oxygen atoms in total. The van der Waals surface area contributed by atoms with Crippen LogP contribution in [0.15, 0.2) is 0 Å². The van der Waals surface area contributed by atoms with Crippen molar-refractivity contribution >= 4 is 11.9 Å². The van der Waals surface area contributed by atoms with E-state index in [2.05, 4.69) is 0 Å². The van der Waals surface area contributed by atoms with E-state index >= 15 is 0 Å². The van der Waals surface area contributed by atoms with Crippen molar-refractivity contribution in [2.45, 2.75) is 44.2 Å². The average Bonchev–Trinajstić information content (AvgIpc) is 2.76. The summed E-state index contributed by atoms with van der Waals surface area (Å²) >= 11 is 0. The van der Waals surface area contributed by atoms with Crippen molar-refractivity contribution in [3.8, 4) is 0 Å². The molecule has 3 atom stereocenters. The van der Waals surface area contributed by atoms with Crippen LogP contribution in [0, 0.1) is 5.92 Å². The molecule has 5 heteroatoms. The van der Waals surface area contributed by atoms with Crippen LogP contribution in [0.25, 0.3) is 0 Å².